The van der Waals surface area contributed by atoms with Gasteiger partial charge in [0, 0.05) is 31.6 Å². The van der Waals surface area contributed by atoms with E-state index in [4.69, 9.17) is 11.6 Å². The third-order valence-electron chi connectivity index (χ3n) is 4.30. The number of hydrazine groups is 1. The minimum atomic E-state index is -4.46. The zero-order valence-electron chi connectivity index (χ0n) is 17.6. The maximum Gasteiger partial charge on any atom is 0.390 e. The first kappa shape index (κ1) is 26.7. The molecule has 0 atom stereocenters. The van der Waals surface area contributed by atoms with Crippen molar-refractivity contribution in [3.05, 3.63) is 41.7 Å². The number of aromatic nitrogens is 3. The molecule has 0 unspecified atom stereocenters. The summed E-state index contributed by atoms with van der Waals surface area (Å²) in [5, 5.41) is 5.35. The number of nitrogens with one attached hydrogen (secondary N) is 2. The van der Waals surface area contributed by atoms with E-state index in [1.54, 1.807) is 6.20 Å². The largest absolute Gasteiger partial charge is 0.403 e. The first-order valence-corrected chi connectivity index (χ1v) is 9.73. The Labute approximate surface area is 189 Å². The molecule has 0 spiro atoms. The molecule has 34 heavy (non-hydrogen) atoms. The second-order valence-electron chi connectivity index (χ2n) is 7.04. The molecule has 0 fully saturated rings. The maximum atomic E-state index is 12.3. The molecule has 0 aliphatic rings. The van der Waals surface area contributed by atoms with Gasteiger partial charge in [0.1, 0.15) is 5.70 Å². The predicted octanol–water partition coefficient (Wildman–Crippen LogP) is 1.23. The third-order valence-corrected chi connectivity index (χ3v) is 4.30. The quantitative estimate of drug-likeness (QED) is 0.168. The number of imidazole rings is 1. The van der Waals surface area contributed by atoms with Gasteiger partial charge in [-0.05, 0) is 6.07 Å². The molecular weight excluding hydrogens is 474 g/mol. The van der Waals surface area contributed by atoms with Crippen LogP contribution in [0.1, 0.15) is 30.7 Å². The lowest BCUT2D eigenvalue weighted by Crippen LogP contribution is -2.41. The zero-order valence-corrected chi connectivity index (χ0v) is 17.6. The molecule has 0 saturated heterocycles. The van der Waals surface area contributed by atoms with Gasteiger partial charge >= 0.3 is 12.4 Å². The van der Waals surface area contributed by atoms with Crippen molar-refractivity contribution in [3.8, 4) is 0 Å². The fraction of sp³-hybridized carbons (Fsp3) is 0.444. The average Bonchev–Trinajstić information content (AvgIpc) is 3.15. The van der Waals surface area contributed by atoms with Crippen LogP contribution in [0, 0.1) is 0 Å². The molecule has 10 nitrogen and oxygen atoms in total. The first-order chi connectivity index (χ1) is 15.8. The number of fused-ring (bicyclic) bond motifs is 1. The summed E-state index contributed by atoms with van der Waals surface area (Å²) in [7, 11) is 0. The summed E-state index contributed by atoms with van der Waals surface area (Å²) in [6.07, 6.45) is -8.21. The third kappa shape index (κ3) is 8.76. The fourth-order valence-corrected chi connectivity index (χ4v) is 2.61. The van der Waals surface area contributed by atoms with Gasteiger partial charge < -0.3 is 21.4 Å². The highest BCUT2D eigenvalue weighted by Gasteiger charge is 2.29. The van der Waals surface area contributed by atoms with Crippen LogP contribution < -0.4 is 22.2 Å². The molecule has 16 heteroatoms. The minimum Gasteiger partial charge on any atom is -0.403 e. The second kappa shape index (κ2) is 11.0. The number of nitrogens with zero attached hydrogens (tertiary/aromatic N) is 4. The Morgan fingerprint density at radius 2 is 1.65 bits per heavy atom. The lowest BCUT2D eigenvalue weighted by molar-refractivity contribution is -0.144. The molecule has 2 amide bonds. The van der Waals surface area contributed by atoms with Gasteiger partial charge in [-0.2, -0.15) is 26.3 Å². The van der Waals surface area contributed by atoms with Gasteiger partial charge in [0.25, 0.3) is 5.91 Å². The average molecular weight is 496 g/mol. The molecule has 0 aliphatic carbocycles. The summed E-state index contributed by atoms with van der Waals surface area (Å²) in [6.45, 7) is -0.912. The van der Waals surface area contributed by atoms with Crippen LogP contribution in [-0.4, -0.2) is 50.1 Å². The first-order valence-electron chi connectivity index (χ1n) is 9.73. The van der Waals surface area contributed by atoms with Crippen molar-refractivity contribution < 1.29 is 35.9 Å². The van der Waals surface area contributed by atoms with Gasteiger partial charge in [-0.3, -0.25) is 14.0 Å². The summed E-state index contributed by atoms with van der Waals surface area (Å²) in [6, 6.07) is 1.52. The maximum absolute atomic E-state index is 12.3. The van der Waals surface area contributed by atoms with Gasteiger partial charge in [0.2, 0.25) is 11.7 Å². The van der Waals surface area contributed by atoms with Crippen molar-refractivity contribution in [2.24, 2.45) is 11.6 Å². The second-order valence-corrected chi connectivity index (χ2v) is 7.04. The highest BCUT2D eigenvalue weighted by molar-refractivity contribution is 5.92. The molecule has 0 radical (unpaired) electrons. The molecule has 2 heterocycles. The van der Waals surface area contributed by atoms with Gasteiger partial charge in [-0.15, -0.1) is 0 Å². The lowest BCUT2D eigenvalue weighted by Gasteiger charge is -2.21. The van der Waals surface area contributed by atoms with E-state index in [2.05, 4.69) is 20.6 Å². The standard InChI is InChI=1S/C18H22F6N8O2/c19-17(20,21)3-1-14(33)27-8-11-2-5-31-10-12(30-16(31)29-11)9-28-15(34)13(7-25)32(26)6-4-18(22,23)24/h2,5,7,10H,1,3-4,6,8-9,25-26H2,(H,27,33)(H,28,34)/b13-7-. The van der Waals surface area contributed by atoms with E-state index in [1.165, 1.54) is 16.7 Å². The summed E-state index contributed by atoms with van der Waals surface area (Å²) < 4.78 is 75.0. The highest BCUT2D eigenvalue weighted by Crippen LogP contribution is 2.21. The Balaban J connectivity index is 1.92. The van der Waals surface area contributed by atoms with Gasteiger partial charge in [-0.1, -0.05) is 0 Å². The number of amides is 2. The molecule has 6 N–H and O–H groups in total. The van der Waals surface area contributed by atoms with E-state index in [9.17, 15) is 35.9 Å². The van der Waals surface area contributed by atoms with Crippen molar-refractivity contribution >= 4 is 17.6 Å². The Morgan fingerprint density at radius 3 is 2.26 bits per heavy atom. The van der Waals surface area contributed by atoms with Crippen LogP contribution in [0.25, 0.3) is 5.78 Å². The van der Waals surface area contributed by atoms with Gasteiger partial charge in [-0.25, -0.2) is 15.8 Å². The molecule has 2 rings (SSSR count). The number of nitrogens with two attached hydrogens (primary N) is 2. The summed E-state index contributed by atoms with van der Waals surface area (Å²) in [5.74, 6) is 4.07. The van der Waals surface area contributed by atoms with Crippen molar-refractivity contribution in [1.29, 1.82) is 0 Å². The number of hydrogen-bond acceptors (Lipinski definition) is 7. The Hall–Kier alpha value is -3.56. The van der Waals surface area contributed by atoms with Crippen LogP contribution in [-0.2, 0) is 22.7 Å². The number of halogens is 6. The van der Waals surface area contributed by atoms with E-state index in [0.717, 1.165) is 6.20 Å². The smallest absolute Gasteiger partial charge is 0.390 e. The van der Waals surface area contributed by atoms with Crippen LogP contribution in [0.2, 0.25) is 0 Å². The SMILES string of the molecule is N/C=C(/C(=O)NCc1cn2ccc(CNC(=O)CCC(F)(F)F)nc2n1)N(N)CCC(F)(F)F. The summed E-state index contributed by atoms with van der Waals surface area (Å²) >= 11 is 0. The summed E-state index contributed by atoms with van der Waals surface area (Å²) in [5.41, 5.74) is 5.62. The fourth-order valence-electron chi connectivity index (χ4n) is 2.61. The Morgan fingerprint density at radius 1 is 1.03 bits per heavy atom. The molecule has 0 saturated carbocycles. The van der Waals surface area contributed by atoms with E-state index in [0.29, 0.717) is 16.4 Å². The molecule has 0 aliphatic heterocycles. The van der Waals surface area contributed by atoms with Crippen LogP contribution in [0.3, 0.4) is 0 Å². The Bertz CT molecular complexity index is 1030. The van der Waals surface area contributed by atoms with Crippen molar-refractivity contribution in [2.75, 3.05) is 6.54 Å². The zero-order chi connectivity index (χ0) is 25.5. The molecular formula is C18H22F6N8O2. The minimum absolute atomic E-state index is 0.110. The van der Waals surface area contributed by atoms with E-state index < -0.39 is 50.0 Å². The number of rotatable bonds is 10. The lowest BCUT2D eigenvalue weighted by atomic mass is 10.3. The van der Waals surface area contributed by atoms with Gasteiger partial charge in [0.15, 0.2) is 0 Å². The topological polar surface area (TPSA) is 144 Å². The van der Waals surface area contributed by atoms with Crippen LogP contribution in [0.4, 0.5) is 26.3 Å². The van der Waals surface area contributed by atoms with Crippen LogP contribution in [0.15, 0.2) is 30.4 Å². The van der Waals surface area contributed by atoms with E-state index in [-0.39, 0.29) is 24.6 Å². The van der Waals surface area contributed by atoms with Crippen molar-refractivity contribution in [3.63, 3.8) is 0 Å². The molecule has 0 aromatic carbocycles. The van der Waals surface area contributed by atoms with Crippen molar-refractivity contribution in [2.45, 2.75) is 44.7 Å². The van der Waals surface area contributed by atoms with Crippen molar-refractivity contribution in [1.82, 2.24) is 30.0 Å². The number of carbonyl (C=O) groups excluding carboxylic acids is 2. The van der Waals surface area contributed by atoms with Crippen LogP contribution in [0.5, 0.6) is 0 Å². The summed E-state index contributed by atoms with van der Waals surface area (Å²) in [4.78, 5) is 32.1. The number of hydrogen-bond donors (Lipinski definition) is 4. The molecule has 2 aromatic rings. The molecule has 0 bridgehead atoms. The normalized spacial score (nSPS) is 12.6. The van der Waals surface area contributed by atoms with E-state index >= 15 is 0 Å². The van der Waals surface area contributed by atoms with Crippen LogP contribution >= 0.6 is 0 Å². The Kier molecular flexibility index (Phi) is 8.67. The molecule has 188 valence electrons. The highest BCUT2D eigenvalue weighted by atomic mass is 19.4. The number of alkyl halides is 6. The number of carbonyl (C=O) groups is 2. The predicted molar refractivity (Wildman–Crippen MR) is 106 cm³/mol. The monoisotopic (exact) mass is 496 g/mol. The van der Waals surface area contributed by atoms with Gasteiger partial charge in [0.05, 0.1) is 37.3 Å². The van der Waals surface area contributed by atoms with E-state index in [1.807, 2.05) is 0 Å². The molecule has 2 aromatic heterocycles.